The van der Waals surface area contributed by atoms with Crippen molar-refractivity contribution in [2.45, 2.75) is 0 Å². The standard InChI is InChI=1S/C13H9ClIN3O/c1-19-9-4-2-8(3-5-9)18-6-10(15)11-12(18)13(14)17-7-16-11/h2-7H,1H3. The Bertz CT molecular complexity index is 739. The lowest BCUT2D eigenvalue weighted by Crippen LogP contribution is -1.94. The van der Waals surface area contributed by atoms with Gasteiger partial charge in [0.25, 0.3) is 0 Å². The van der Waals surface area contributed by atoms with Gasteiger partial charge in [-0.25, -0.2) is 9.97 Å². The van der Waals surface area contributed by atoms with Crippen LogP contribution in [0.1, 0.15) is 0 Å². The Morgan fingerprint density at radius 1 is 1.21 bits per heavy atom. The molecule has 0 fully saturated rings. The van der Waals surface area contributed by atoms with Crippen molar-refractivity contribution in [3.05, 3.63) is 45.5 Å². The summed E-state index contributed by atoms with van der Waals surface area (Å²) in [5, 5.41) is 0.448. The summed E-state index contributed by atoms with van der Waals surface area (Å²) in [6.45, 7) is 0. The van der Waals surface area contributed by atoms with Gasteiger partial charge in [-0.2, -0.15) is 0 Å². The number of rotatable bonds is 2. The smallest absolute Gasteiger partial charge is 0.157 e. The van der Waals surface area contributed by atoms with Crippen molar-refractivity contribution in [1.82, 2.24) is 14.5 Å². The Morgan fingerprint density at radius 2 is 1.95 bits per heavy atom. The van der Waals surface area contributed by atoms with Crippen LogP contribution in [0, 0.1) is 3.57 Å². The van der Waals surface area contributed by atoms with Crippen LogP contribution >= 0.6 is 34.2 Å². The van der Waals surface area contributed by atoms with Crippen molar-refractivity contribution in [2.75, 3.05) is 7.11 Å². The molecule has 0 N–H and O–H groups in total. The van der Waals surface area contributed by atoms with Crippen LogP contribution in [0.3, 0.4) is 0 Å². The molecule has 0 amide bonds. The molecule has 3 aromatic rings. The summed E-state index contributed by atoms with van der Waals surface area (Å²) in [7, 11) is 1.65. The third kappa shape index (κ3) is 2.17. The van der Waals surface area contributed by atoms with Crippen molar-refractivity contribution in [2.24, 2.45) is 0 Å². The van der Waals surface area contributed by atoms with Gasteiger partial charge in [-0.3, -0.25) is 0 Å². The van der Waals surface area contributed by atoms with E-state index >= 15 is 0 Å². The van der Waals surface area contributed by atoms with Gasteiger partial charge in [-0.1, -0.05) is 11.6 Å². The quantitative estimate of drug-likeness (QED) is 0.499. The molecule has 0 aliphatic carbocycles. The number of benzene rings is 1. The van der Waals surface area contributed by atoms with Crippen molar-refractivity contribution < 1.29 is 4.74 Å². The lowest BCUT2D eigenvalue weighted by Gasteiger charge is -2.06. The summed E-state index contributed by atoms with van der Waals surface area (Å²) in [4.78, 5) is 8.32. The van der Waals surface area contributed by atoms with Crippen molar-refractivity contribution in [3.63, 3.8) is 0 Å². The third-order valence-corrected chi connectivity index (χ3v) is 3.90. The van der Waals surface area contributed by atoms with Crippen molar-refractivity contribution in [1.29, 1.82) is 0 Å². The maximum atomic E-state index is 6.18. The van der Waals surface area contributed by atoms with E-state index in [4.69, 9.17) is 16.3 Å². The van der Waals surface area contributed by atoms with Gasteiger partial charge in [-0.05, 0) is 46.9 Å². The van der Waals surface area contributed by atoms with Gasteiger partial charge < -0.3 is 9.30 Å². The Hall–Kier alpha value is -1.34. The molecule has 2 heterocycles. The first-order chi connectivity index (χ1) is 9.20. The number of aromatic nitrogens is 3. The fourth-order valence-corrected chi connectivity index (χ4v) is 2.83. The summed E-state index contributed by atoms with van der Waals surface area (Å²) >= 11 is 8.43. The first-order valence-electron chi connectivity index (χ1n) is 5.52. The van der Waals surface area contributed by atoms with Gasteiger partial charge >= 0.3 is 0 Å². The Morgan fingerprint density at radius 3 is 2.63 bits per heavy atom. The molecule has 19 heavy (non-hydrogen) atoms. The van der Waals surface area contributed by atoms with E-state index in [2.05, 4.69) is 32.6 Å². The minimum absolute atomic E-state index is 0.448. The molecule has 0 spiro atoms. The SMILES string of the molecule is COc1ccc(-n2cc(I)c3ncnc(Cl)c32)cc1. The minimum atomic E-state index is 0.448. The zero-order valence-electron chi connectivity index (χ0n) is 9.97. The van der Waals surface area contributed by atoms with Crippen LogP contribution in [0.5, 0.6) is 5.75 Å². The molecule has 0 saturated heterocycles. The van der Waals surface area contributed by atoms with E-state index in [0.717, 1.165) is 26.0 Å². The largest absolute Gasteiger partial charge is 0.497 e. The average molecular weight is 386 g/mol. The number of ether oxygens (including phenoxy) is 1. The summed E-state index contributed by atoms with van der Waals surface area (Å²) in [6, 6.07) is 7.76. The van der Waals surface area contributed by atoms with E-state index in [1.54, 1.807) is 7.11 Å². The fraction of sp³-hybridized carbons (Fsp3) is 0.0769. The van der Waals surface area contributed by atoms with Crippen LogP contribution < -0.4 is 4.74 Å². The summed E-state index contributed by atoms with van der Waals surface area (Å²) in [6.07, 6.45) is 3.47. The number of hydrogen-bond donors (Lipinski definition) is 0. The lowest BCUT2D eigenvalue weighted by molar-refractivity contribution is 0.415. The van der Waals surface area contributed by atoms with Crippen molar-refractivity contribution >= 4 is 45.2 Å². The average Bonchev–Trinajstić information content (AvgIpc) is 2.78. The van der Waals surface area contributed by atoms with E-state index < -0.39 is 0 Å². The van der Waals surface area contributed by atoms with Gasteiger partial charge in [0.1, 0.15) is 23.1 Å². The summed E-state index contributed by atoms with van der Waals surface area (Å²) in [5.41, 5.74) is 2.67. The highest BCUT2D eigenvalue weighted by Crippen LogP contribution is 2.29. The molecular weight excluding hydrogens is 377 g/mol. The molecule has 0 saturated carbocycles. The molecule has 96 valence electrons. The van der Waals surface area contributed by atoms with Gasteiger partial charge in [0.05, 0.1) is 10.7 Å². The van der Waals surface area contributed by atoms with Crippen LogP contribution in [0.15, 0.2) is 36.8 Å². The molecule has 6 heteroatoms. The van der Waals surface area contributed by atoms with Crippen LogP contribution in [0.25, 0.3) is 16.7 Å². The minimum Gasteiger partial charge on any atom is -0.497 e. The van der Waals surface area contributed by atoms with E-state index in [0.29, 0.717) is 5.15 Å². The summed E-state index contributed by atoms with van der Waals surface area (Å²) in [5.74, 6) is 0.817. The monoisotopic (exact) mass is 385 g/mol. The molecule has 1 aromatic carbocycles. The molecule has 0 atom stereocenters. The fourth-order valence-electron chi connectivity index (χ4n) is 1.93. The van der Waals surface area contributed by atoms with Crippen LogP contribution in [0.2, 0.25) is 5.15 Å². The van der Waals surface area contributed by atoms with Crippen LogP contribution in [-0.4, -0.2) is 21.6 Å². The van der Waals surface area contributed by atoms with Crippen LogP contribution in [-0.2, 0) is 0 Å². The van der Waals surface area contributed by atoms with E-state index in [1.165, 1.54) is 6.33 Å². The highest BCUT2D eigenvalue weighted by molar-refractivity contribution is 14.1. The Balaban J connectivity index is 2.24. The van der Waals surface area contributed by atoms with Gasteiger partial charge in [0.2, 0.25) is 0 Å². The molecule has 3 rings (SSSR count). The second-order valence-electron chi connectivity index (χ2n) is 3.91. The lowest BCUT2D eigenvalue weighted by atomic mass is 10.3. The molecule has 2 aromatic heterocycles. The second kappa shape index (κ2) is 4.97. The third-order valence-electron chi connectivity index (χ3n) is 2.84. The first kappa shape index (κ1) is 12.7. The van der Waals surface area contributed by atoms with E-state index in [-0.39, 0.29) is 0 Å². The zero-order chi connectivity index (χ0) is 13.4. The van der Waals surface area contributed by atoms with Crippen LogP contribution in [0.4, 0.5) is 0 Å². The molecule has 0 unspecified atom stereocenters. The second-order valence-corrected chi connectivity index (χ2v) is 5.43. The van der Waals surface area contributed by atoms with Crippen molar-refractivity contribution in [3.8, 4) is 11.4 Å². The Kier molecular flexibility index (Phi) is 3.32. The normalized spacial score (nSPS) is 10.9. The molecule has 0 radical (unpaired) electrons. The van der Waals surface area contributed by atoms with Gasteiger partial charge in [-0.15, -0.1) is 0 Å². The Labute approximate surface area is 128 Å². The number of fused-ring (bicyclic) bond motifs is 1. The number of nitrogens with zero attached hydrogens (tertiary/aromatic N) is 3. The molecule has 0 aliphatic heterocycles. The maximum absolute atomic E-state index is 6.18. The topological polar surface area (TPSA) is 39.9 Å². The molecule has 0 aliphatic rings. The maximum Gasteiger partial charge on any atom is 0.157 e. The molecule has 0 bridgehead atoms. The number of methoxy groups -OCH3 is 1. The van der Waals surface area contributed by atoms with Gasteiger partial charge in [0, 0.05) is 11.9 Å². The van der Waals surface area contributed by atoms with Gasteiger partial charge in [0.15, 0.2) is 5.15 Å². The molecule has 4 nitrogen and oxygen atoms in total. The number of halogens is 2. The highest BCUT2D eigenvalue weighted by atomic mass is 127. The first-order valence-corrected chi connectivity index (χ1v) is 6.98. The predicted octanol–water partition coefficient (Wildman–Crippen LogP) is 3.69. The predicted molar refractivity (Wildman–Crippen MR) is 83.1 cm³/mol. The molecular formula is C13H9ClIN3O. The number of hydrogen-bond acceptors (Lipinski definition) is 3. The summed E-state index contributed by atoms with van der Waals surface area (Å²) < 4.78 is 8.18. The highest BCUT2D eigenvalue weighted by Gasteiger charge is 2.13. The zero-order valence-corrected chi connectivity index (χ0v) is 12.9. The van der Waals surface area contributed by atoms with E-state index in [9.17, 15) is 0 Å². The van der Waals surface area contributed by atoms with E-state index in [1.807, 2.05) is 35.0 Å².